The maximum atomic E-state index is 9.03. The van der Waals surface area contributed by atoms with Gasteiger partial charge in [-0.15, -0.1) is 11.8 Å². The van der Waals surface area contributed by atoms with Crippen molar-refractivity contribution in [2.45, 2.75) is 11.8 Å². The molecule has 0 spiro atoms. The smallest absolute Gasteiger partial charge is 0.115 e. The average Bonchev–Trinajstić information content (AvgIpc) is 2.16. The number of hydrogen-bond acceptors (Lipinski definition) is 3. The van der Waals surface area contributed by atoms with Crippen molar-refractivity contribution >= 4 is 11.8 Å². The van der Waals surface area contributed by atoms with Crippen LogP contribution >= 0.6 is 11.8 Å². The van der Waals surface area contributed by atoms with Gasteiger partial charge in [0.2, 0.25) is 0 Å². The molecule has 1 atom stereocenters. The van der Waals surface area contributed by atoms with Crippen molar-refractivity contribution in [3.8, 4) is 5.75 Å². The first kappa shape index (κ1) is 10.4. The third kappa shape index (κ3) is 3.70. The molecule has 0 aromatic heterocycles. The van der Waals surface area contributed by atoms with Crippen LogP contribution in [0.2, 0.25) is 0 Å². The molecule has 0 fully saturated rings. The quantitative estimate of drug-likeness (QED) is 0.728. The molecular formula is C10H14O2S. The van der Waals surface area contributed by atoms with Crippen LogP contribution in [0.5, 0.6) is 5.75 Å². The maximum absolute atomic E-state index is 9.03. The fourth-order valence-corrected chi connectivity index (χ4v) is 1.74. The Hall–Kier alpha value is -0.670. The van der Waals surface area contributed by atoms with Gasteiger partial charge in [0, 0.05) is 17.3 Å². The molecule has 2 N–H and O–H groups in total. The van der Waals surface area contributed by atoms with Crippen LogP contribution in [0.25, 0.3) is 0 Å². The summed E-state index contributed by atoms with van der Waals surface area (Å²) < 4.78 is 0. The van der Waals surface area contributed by atoms with Crippen LogP contribution in [-0.2, 0) is 0 Å². The Bertz CT molecular complexity index is 246. The highest BCUT2D eigenvalue weighted by Gasteiger charge is 2.00. The lowest BCUT2D eigenvalue weighted by Crippen LogP contribution is -2.02. The number of aromatic hydroxyl groups is 1. The number of benzene rings is 1. The second-order valence-corrected chi connectivity index (χ2v) is 4.19. The van der Waals surface area contributed by atoms with Crippen LogP contribution in [0.1, 0.15) is 6.92 Å². The van der Waals surface area contributed by atoms with Crippen molar-refractivity contribution < 1.29 is 10.2 Å². The Balaban J connectivity index is 2.41. The molecule has 0 bridgehead atoms. The monoisotopic (exact) mass is 198 g/mol. The fraction of sp³-hybridized carbons (Fsp3) is 0.400. The van der Waals surface area contributed by atoms with E-state index in [-0.39, 0.29) is 6.61 Å². The van der Waals surface area contributed by atoms with Gasteiger partial charge in [-0.2, -0.15) is 0 Å². The Morgan fingerprint density at radius 3 is 2.46 bits per heavy atom. The molecule has 0 aliphatic carbocycles. The molecule has 2 nitrogen and oxygen atoms in total. The SMILES string of the molecule is C[C@H](CO)CSc1ccc(O)cc1. The van der Waals surface area contributed by atoms with Gasteiger partial charge in [-0.1, -0.05) is 6.92 Å². The number of aliphatic hydroxyl groups is 1. The Morgan fingerprint density at radius 1 is 1.31 bits per heavy atom. The van der Waals surface area contributed by atoms with Crippen molar-refractivity contribution in [3.63, 3.8) is 0 Å². The number of aliphatic hydroxyl groups excluding tert-OH is 1. The molecule has 1 aromatic rings. The van der Waals surface area contributed by atoms with Gasteiger partial charge >= 0.3 is 0 Å². The summed E-state index contributed by atoms with van der Waals surface area (Å²) in [6.07, 6.45) is 0. The summed E-state index contributed by atoms with van der Waals surface area (Å²) >= 11 is 1.69. The van der Waals surface area contributed by atoms with E-state index < -0.39 is 0 Å². The number of hydrogen-bond donors (Lipinski definition) is 2. The summed E-state index contributed by atoms with van der Waals surface area (Å²) in [6.45, 7) is 2.23. The molecule has 72 valence electrons. The minimum absolute atomic E-state index is 0.227. The summed E-state index contributed by atoms with van der Waals surface area (Å²) in [4.78, 5) is 1.12. The first-order valence-corrected chi connectivity index (χ1v) is 5.23. The highest BCUT2D eigenvalue weighted by atomic mass is 32.2. The lowest BCUT2D eigenvalue weighted by molar-refractivity contribution is 0.250. The van der Waals surface area contributed by atoms with Crippen LogP contribution in [0.4, 0.5) is 0 Å². The number of thioether (sulfide) groups is 1. The highest BCUT2D eigenvalue weighted by Crippen LogP contribution is 2.22. The van der Waals surface area contributed by atoms with E-state index in [9.17, 15) is 0 Å². The molecule has 0 aliphatic rings. The van der Waals surface area contributed by atoms with E-state index in [4.69, 9.17) is 10.2 Å². The molecule has 0 radical (unpaired) electrons. The van der Waals surface area contributed by atoms with E-state index in [1.807, 2.05) is 19.1 Å². The Kier molecular flexibility index (Phi) is 4.12. The van der Waals surface area contributed by atoms with Gasteiger partial charge in [0.25, 0.3) is 0 Å². The van der Waals surface area contributed by atoms with E-state index in [0.29, 0.717) is 11.7 Å². The van der Waals surface area contributed by atoms with Gasteiger partial charge in [0.05, 0.1) is 0 Å². The predicted molar refractivity (Wildman–Crippen MR) is 55.1 cm³/mol. The first-order valence-electron chi connectivity index (χ1n) is 4.25. The molecule has 1 aromatic carbocycles. The topological polar surface area (TPSA) is 40.5 Å². The lowest BCUT2D eigenvalue weighted by atomic mass is 10.2. The molecule has 0 unspecified atom stereocenters. The minimum Gasteiger partial charge on any atom is -0.508 e. The molecule has 0 saturated carbocycles. The molecular weight excluding hydrogens is 184 g/mol. The third-order valence-corrected chi connectivity index (χ3v) is 3.02. The standard InChI is InChI=1S/C10H14O2S/c1-8(6-11)7-13-10-4-2-9(12)3-5-10/h2-5,8,11-12H,6-7H2,1H3/t8-/m1/s1. The van der Waals surface area contributed by atoms with E-state index in [1.54, 1.807) is 23.9 Å². The van der Waals surface area contributed by atoms with Crippen molar-refractivity contribution in [2.24, 2.45) is 5.92 Å². The highest BCUT2D eigenvalue weighted by molar-refractivity contribution is 7.99. The van der Waals surface area contributed by atoms with E-state index in [2.05, 4.69) is 0 Å². The molecule has 0 amide bonds. The molecule has 13 heavy (non-hydrogen) atoms. The van der Waals surface area contributed by atoms with Crippen LogP contribution in [0.15, 0.2) is 29.2 Å². The van der Waals surface area contributed by atoms with Gasteiger partial charge in [0.15, 0.2) is 0 Å². The second-order valence-electron chi connectivity index (χ2n) is 3.09. The van der Waals surface area contributed by atoms with Crippen molar-refractivity contribution in [3.05, 3.63) is 24.3 Å². The zero-order valence-electron chi connectivity index (χ0n) is 7.60. The lowest BCUT2D eigenvalue weighted by Gasteiger charge is -2.06. The largest absolute Gasteiger partial charge is 0.508 e. The minimum atomic E-state index is 0.227. The van der Waals surface area contributed by atoms with Crippen LogP contribution in [-0.4, -0.2) is 22.6 Å². The zero-order valence-corrected chi connectivity index (χ0v) is 8.42. The molecule has 1 rings (SSSR count). The zero-order chi connectivity index (χ0) is 9.68. The first-order chi connectivity index (χ1) is 6.22. The number of phenolic OH excluding ortho intramolecular Hbond substituents is 1. The average molecular weight is 198 g/mol. The molecule has 0 saturated heterocycles. The summed E-state index contributed by atoms with van der Waals surface area (Å²) in [5, 5.41) is 17.8. The van der Waals surface area contributed by atoms with Crippen LogP contribution in [0.3, 0.4) is 0 Å². The Morgan fingerprint density at radius 2 is 1.92 bits per heavy atom. The number of rotatable bonds is 4. The summed E-state index contributed by atoms with van der Waals surface area (Å²) in [6, 6.07) is 7.10. The van der Waals surface area contributed by atoms with Crippen LogP contribution < -0.4 is 0 Å². The van der Waals surface area contributed by atoms with Gasteiger partial charge in [0.1, 0.15) is 5.75 Å². The van der Waals surface area contributed by atoms with Gasteiger partial charge in [-0.05, 0) is 30.2 Å². The van der Waals surface area contributed by atoms with E-state index >= 15 is 0 Å². The summed E-state index contributed by atoms with van der Waals surface area (Å²) in [5.41, 5.74) is 0. The summed E-state index contributed by atoms with van der Waals surface area (Å²) in [5.74, 6) is 1.51. The van der Waals surface area contributed by atoms with Crippen molar-refractivity contribution in [1.82, 2.24) is 0 Å². The van der Waals surface area contributed by atoms with Crippen LogP contribution in [0, 0.1) is 5.92 Å². The van der Waals surface area contributed by atoms with Gasteiger partial charge < -0.3 is 10.2 Å². The summed E-state index contributed by atoms with van der Waals surface area (Å²) in [7, 11) is 0. The Labute approximate surface area is 82.6 Å². The molecule has 3 heteroatoms. The predicted octanol–water partition coefficient (Wildman–Crippen LogP) is 2.11. The van der Waals surface area contributed by atoms with E-state index in [1.165, 1.54) is 0 Å². The van der Waals surface area contributed by atoms with E-state index in [0.717, 1.165) is 10.6 Å². The third-order valence-electron chi connectivity index (χ3n) is 1.68. The number of phenols is 1. The molecule has 0 heterocycles. The van der Waals surface area contributed by atoms with Crippen molar-refractivity contribution in [1.29, 1.82) is 0 Å². The van der Waals surface area contributed by atoms with Gasteiger partial charge in [-0.3, -0.25) is 0 Å². The molecule has 0 aliphatic heterocycles. The fourth-order valence-electron chi connectivity index (χ4n) is 0.834. The normalized spacial score (nSPS) is 12.8. The maximum Gasteiger partial charge on any atom is 0.115 e. The van der Waals surface area contributed by atoms with Gasteiger partial charge in [-0.25, -0.2) is 0 Å². The van der Waals surface area contributed by atoms with Crippen molar-refractivity contribution in [2.75, 3.05) is 12.4 Å². The second kappa shape index (κ2) is 5.14.